The fourth-order valence-electron chi connectivity index (χ4n) is 5.13. The number of carbonyl (C=O) groups excluding carboxylic acids is 3. The molecule has 1 N–H and O–H groups in total. The molecule has 0 bridgehead atoms. The molecule has 2 rings (SSSR count). The number of hydrogen-bond acceptors (Lipinski definition) is 12. The first-order chi connectivity index (χ1) is 21.7. The highest BCUT2D eigenvalue weighted by Gasteiger charge is 2.28. The van der Waals surface area contributed by atoms with Gasteiger partial charge in [-0.3, -0.25) is 38.8 Å². The third-order valence-electron chi connectivity index (χ3n) is 7.97. The number of carboxylic acids is 1. The van der Waals surface area contributed by atoms with Crippen LogP contribution in [0.1, 0.15) is 38.2 Å². The number of hydrogen-bond donors (Lipinski definition) is 1. The molecule has 254 valence electrons. The second-order valence-electron chi connectivity index (χ2n) is 11.2. The van der Waals surface area contributed by atoms with Crippen LogP contribution in [0.3, 0.4) is 0 Å². The zero-order valence-electron chi connectivity index (χ0n) is 27.4. The van der Waals surface area contributed by atoms with E-state index in [0.717, 1.165) is 30.6 Å². The summed E-state index contributed by atoms with van der Waals surface area (Å²) in [6.45, 7) is 6.40. The summed E-state index contributed by atoms with van der Waals surface area (Å²) in [5.41, 5.74) is 1.11. The molecule has 1 aliphatic rings. The van der Waals surface area contributed by atoms with E-state index in [0.29, 0.717) is 71.8 Å². The minimum atomic E-state index is -0.912. The predicted molar refractivity (Wildman–Crippen MR) is 168 cm³/mol. The Kier molecular flexibility index (Phi) is 18.1. The number of carboxylic acid groups (broad SMARTS) is 1. The topological polar surface area (TPSA) is 138 Å². The van der Waals surface area contributed by atoms with Crippen molar-refractivity contribution in [3.63, 3.8) is 0 Å². The summed E-state index contributed by atoms with van der Waals surface area (Å²) >= 11 is 0. The second-order valence-corrected chi connectivity index (χ2v) is 11.2. The van der Waals surface area contributed by atoms with Gasteiger partial charge in [-0.15, -0.1) is 0 Å². The molecule has 1 aromatic rings. The molecule has 1 saturated heterocycles. The van der Waals surface area contributed by atoms with Crippen LogP contribution in [0.15, 0.2) is 24.3 Å². The van der Waals surface area contributed by atoms with Crippen molar-refractivity contribution in [1.82, 2.24) is 19.6 Å². The summed E-state index contributed by atoms with van der Waals surface area (Å²) in [4.78, 5) is 56.8. The number of aryl methyl sites for hydroxylation is 1. The van der Waals surface area contributed by atoms with Crippen molar-refractivity contribution < 1.29 is 43.2 Å². The van der Waals surface area contributed by atoms with Gasteiger partial charge in [0.25, 0.3) is 0 Å². The minimum absolute atomic E-state index is 0.0424. The highest BCUT2D eigenvalue weighted by atomic mass is 16.5. The summed E-state index contributed by atoms with van der Waals surface area (Å²) in [5.74, 6) is -1.25. The third kappa shape index (κ3) is 15.0. The Balaban J connectivity index is 2.17. The molecule has 1 atom stereocenters. The number of esters is 3. The number of ether oxygens (including phenoxy) is 4. The van der Waals surface area contributed by atoms with E-state index < -0.39 is 23.9 Å². The van der Waals surface area contributed by atoms with Gasteiger partial charge in [0.15, 0.2) is 0 Å². The molecular formula is C32H52N4O9. The van der Waals surface area contributed by atoms with E-state index in [4.69, 9.17) is 18.9 Å². The molecule has 1 fully saturated rings. The van der Waals surface area contributed by atoms with Gasteiger partial charge in [-0.05, 0) is 43.4 Å². The fourth-order valence-corrected chi connectivity index (χ4v) is 5.13. The summed E-state index contributed by atoms with van der Waals surface area (Å²) < 4.78 is 20.4. The summed E-state index contributed by atoms with van der Waals surface area (Å²) in [7, 11) is 4.00. The lowest BCUT2D eigenvalue weighted by atomic mass is 10.0. The Labute approximate surface area is 267 Å². The van der Waals surface area contributed by atoms with Gasteiger partial charge in [0.1, 0.15) is 11.8 Å². The highest BCUT2D eigenvalue weighted by Crippen LogP contribution is 2.17. The van der Waals surface area contributed by atoms with Gasteiger partial charge in [-0.1, -0.05) is 25.5 Å². The third-order valence-corrected chi connectivity index (χ3v) is 7.97. The lowest BCUT2D eigenvalue weighted by Crippen LogP contribution is -2.52. The smallest absolute Gasteiger partial charge is 0.320 e. The summed E-state index contributed by atoms with van der Waals surface area (Å²) in [6.07, 6.45) is 3.91. The van der Waals surface area contributed by atoms with Crippen LogP contribution in [-0.2, 0) is 39.8 Å². The monoisotopic (exact) mass is 636 g/mol. The summed E-state index contributed by atoms with van der Waals surface area (Å²) in [6, 6.07) is 7.20. The molecule has 45 heavy (non-hydrogen) atoms. The van der Waals surface area contributed by atoms with Crippen LogP contribution >= 0.6 is 0 Å². The average Bonchev–Trinajstić information content (AvgIpc) is 3.03. The molecule has 13 heteroatoms. The Hall–Kier alpha value is -3.26. The lowest BCUT2D eigenvalue weighted by molar-refractivity contribution is -0.146. The molecule has 0 aliphatic carbocycles. The number of rotatable bonds is 16. The standard InChI is InChI=1S/C32H52N4O9/c1-5-6-22-45-27-12-10-26(11-13-27)8-7-9-28(32(40)41)36-20-18-34(24-30(38)43-3)16-14-33(23-29(37)42-2)15-17-35(19-21-36)25-31(39)44-4/h10-13,28H,5-9,14-25H2,1-4H3,(H,40,41). The SMILES string of the molecule is CCCCOc1ccc(CCCC(C(=O)O)N2CCN(CC(=O)OC)CCN(CC(=O)OC)CCN(CC(=O)OC)CC2)cc1. The first-order valence-corrected chi connectivity index (χ1v) is 15.7. The van der Waals surface area contributed by atoms with Crippen molar-refractivity contribution >= 4 is 23.9 Å². The molecule has 0 aromatic heterocycles. The Morgan fingerprint density at radius 3 is 1.56 bits per heavy atom. The Morgan fingerprint density at radius 2 is 1.16 bits per heavy atom. The van der Waals surface area contributed by atoms with E-state index in [9.17, 15) is 24.3 Å². The highest BCUT2D eigenvalue weighted by molar-refractivity contribution is 5.73. The van der Waals surface area contributed by atoms with E-state index in [-0.39, 0.29) is 25.6 Å². The molecule has 0 radical (unpaired) electrons. The Bertz CT molecular complexity index is 1010. The molecule has 13 nitrogen and oxygen atoms in total. The first-order valence-electron chi connectivity index (χ1n) is 15.7. The van der Waals surface area contributed by atoms with E-state index >= 15 is 0 Å². The van der Waals surface area contributed by atoms with Crippen molar-refractivity contribution in [3.8, 4) is 5.75 Å². The van der Waals surface area contributed by atoms with Crippen molar-refractivity contribution in [3.05, 3.63) is 29.8 Å². The van der Waals surface area contributed by atoms with Crippen molar-refractivity contribution in [2.24, 2.45) is 0 Å². The van der Waals surface area contributed by atoms with Gasteiger partial charge in [-0.25, -0.2) is 0 Å². The zero-order chi connectivity index (χ0) is 33.0. The van der Waals surface area contributed by atoms with Gasteiger partial charge in [-0.2, -0.15) is 0 Å². The molecule has 0 saturated carbocycles. The van der Waals surface area contributed by atoms with Crippen molar-refractivity contribution in [2.75, 3.05) is 99.9 Å². The largest absolute Gasteiger partial charge is 0.494 e. The van der Waals surface area contributed by atoms with Crippen molar-refractivity contribution in [2.45, 2.75) is 45.1 Å². The van der Waals surface area contributed by atoms with Gasteiger partial charge >= 0.3 is 23.9 Å². The van der Waals surface area contributed by atoms with Crippen LogP contribution in [-0.4, -0.2) is 155 Å². The number of carbonyl (C=O) groups is 4. The average molecular weight is 637 g/mol. The maximum atomic E-state index is 12.6. The number of unbranched alkanes of at least 4 members (excludes halogenated alkanes) is 1. The number of methoxy groups -OCH3 is 3. The van der Waals surface area contributed by atoms with Crippen LogP contribution in [0.5, 0.6) is 5.75 Å². The van der Waals surface area contributed by atoms with E-state index in [1.807, 2.05) is 43.9 Å². The van der Waals surface area contributed by atoms with Gasteiger partial charge < -0.3 is 24.1 Å². The van der Waals surface area contributed by atoms with Crippen LogP contribution in [0.25, 0.3) is 0 Å². The van der Waals surface area contributed by atoms with Crippen LogP contribution in [0, 0.1) is 0 Å². The number of nitrogens with zero attached hydrogens (tertiary/aromatic N) is 4. The van der Waals surface area contributed by atoms with Gasteiger partial charge in [0, 0.05) is 52.4 Å². The minimum Gasteiger partial charge on any atom is -0.494 e. The molecular weight excluding hydrogens is 584 g/mol. The maximum Gasteiger partial charge on any atom is 0.320 e. The van der Waals surface area contributed by atoms with E-state index in [1.165, 1.54) is 21.3 Å². The second kappa shape index (κ2) is 21.5. The van der Waals surface area contributed by atoms with Crippen LogP contribution < -0.4 is 4.74 Å². The lowest BCUT2D eigenvalue weighted by Gasteiger charge is -2.35. The maximum absolute atomic E-state index is 12.6. The summed E-state index contributed by atoms with van der Waals surface area (Å²) in [5, 5.41) is 10.3. The predicted octanol–water partition coefficient (Wildman–Crippen LogP) is 1.38. The van der Waals surface area contributed by atoms with Crippen LogP contribution in [0.2, 0.25) is 0 Å². The Morgan fingerprint density at radius 1 is 0.711 bits per heavy atom. The fraction of sp³-hybridized carbons (Fsp3) is 0.688. The van der Waals surface area contributed by atoms with E-state index in [1.54, 1.807) is 0 Å². The number of aliphatic carboxylic acids is 1. The number of benzene rings is 1. The molecule has 1 heterocycles. The molecule has 1 aliphatic heterocycles. The first kappa shape index (κ1) is 37.9. The van der Waals surface area contributed by atoms with E-state index in [2.05, 4.69) is 6.92 Å². The molecule has 1 aromatic carbocycles. The zero-order valence-corrected chi connectivity index (χ0v) is 27.4. The molecule has 0 amide bonds. The molecule has 1 unspecified atom stereocenters. The van der Waals surface area contributed by atoms with Crippen LogP contribution in [0.4, 0.5) is 0 Å². The van der Waals surface area contributed by atoms with Gasteiger partial charge in [0.2, 0.25) is 0 Å². The normalized spacial score (nSPS) is 17.0. The van der Waals surface area contributed by atoms with Gasteiger partial charge in [0.05, 0.1) is 47.6 Å². The van der Waals surface area contributed by atoms with Crippen molar-refractivity contribution in [1.29, 1.82) is 0 Å². The molecule has 0 spiro atoms. The quantitative estimate of drug-likeness (QED) is 0.159.